The summed E-state index contributed by atoms with van der Waals surface area (Å²) in [5.74, 6) is -1.72. The molecule has 6 nitrogen and oxygen atoms in total. The Morgan fingerprint density at radius 1 is 0.810 bits per heavy atom. The molecule has 0 radical (unpaired) electrons. The Labute approximate surface area is 128 Å². The van der Waals surface area contributed by atoms with Crippen molar-refractivity contribution in [3.05, 3.63) is 0 Å². The predicted octanol–water partition coefficient (Wildman–Crippen LogP) is 3.19. The summed E-state index contributed by atoms with van der Waals surface area (Å²) in [6.07, 6.45) is 3.49. The van der Waals surface area contributed by atoms with Crippen LogP contribution in [-0.2, 0) is 28.8 Å². The number of hydrogen-bond acceptors (Lipinski definition) is 6. The van der Waals surface area contributed by atoms with Crippen LogP contribution in [0.2, 0.25) is 0 Å². The molecule has 0 aliphatic rings. The standard InChI is InChI=1S/C15H30O6/c1-5-9-14(16)21-20-13-15(17-10-6-2,18-11-7-3)19-12-8-4/h5-13H2,1-4H3. The van der Waals surface area contributed by atoms with E-state index in [9.17, 15) is 4.79 Å². The van der Waals surface area contributed by atoms with E-state index in [1.807, 2.05) is 27.7 Å². The van der Waals surface area contributed by atoms with Crippen molar-refractivity contribution in [2.75, 3.05) is 26.4 Å². The molecule has 0 aromatic carbocycles. The first-order valence-electron chi connectivity index (χ1n) is 7.88. The molecular weight excluding hydrogens is 276 g/mol. The smallest absolute Gasteiger partial charge is 0.326 e. The van der Waals surface area contributed by atoms with Gasteiger partial charge in [0.05, 0.1) is 19.8 Å². The van der Waals surface area contributed by atoms with E-state index < -0.39 is 11.9 Å². The Balaban J connectivity index is 4.51. The van der Waals surface area contributed by atoms with Gasteiger partial charge in [-0.15, -0.1) is 0 Å². The van der Waals surface area contributed by atoms with Gasteiger partial charge in [-0.05, 0) is 25.7 Å². The van der Waals surface area contributed by atoms with Gasteiger partial charge in [0.1, 0.15) is 0 Å². The largest absolute Gasteiger partial charge is 0.342 e. The van der Waals surface area contributed by atoms with Crippen LogP contribution in [0.4, 0.5) is 0 Å². The molecule has 0 aromatic rings. The third-order valence-corrected chi connectivity index (χ3v) is 2.42. The van der Waals surface area contributed by atoms with E-state index in [1.54, 1.807) is 0 Å². The van der Waals surface area contributed by atoms with Gasteiger partial charge in [0.25, 0.3) is 0 Å². The van der Waals surface area contributed by atoms with Crippen LogP contribution in [0.25, 0.3) is 0 Å². The molecule has 21 heavy (non-hydrogen) atoms. The highest BCUT2D eigenvalue weighted by Gasteiger charge is 2.35. The van der Waals surface area contributed by atoms with Gasteiger partial charge in [0.2, 0.25) is 0 Å². The molecule has 0 saturated carbocycles. The van der Waals surface area contributed by atoms with Crippen molar-refractivity contribution in [1.82, 2.24) is 0 Å². The first kappa shape index (κ1) is 20.3. The van der Waals surface area contributed by atoms with E-state index in [1.165, 1.54) is 0 Å². The van der Waals surface area contributed by atoms with Crippen molar-refractivity contribution in [2.45, 2.75) is 65.8 Å². The molecule has 0 aromatic heterocycles. The zero-order chi connectivity index (χ0) is 16.0. The summed E-state index contributed by atoms with van der Waals surface area (Å²) in [4.78, 5) is 21.0. The molecule has 0 aliphatic carbocycles. The van der Waals surface area contributed by atoms with Gasteiger partial charge in [0, 0.05) is 6.42 Å². The number of rotatable bonds is 14. The molecule has 0 unspecified atom stereocenters. The van der Waals surface area contributed by atoms with Gasteiger partial charge in [-0.2, -0.15) is 4.89 Å². The van der Waals surface area contributed by atoms with E-state index in [2.05, 4.69) is 0 Å². The van der Waals surface area contributed by atoms with Gasteiger partial charge >= 0.3 is 11.9 Å². The molecule has 6 heteroatoms. The molecule has 0 aliphatic heterocycles. The summed E-state index contributed by atoms with van der Waals surface area (Å²) in [5, 5.41) is 0. The highest BCUT2D eigenvalue weighted by Crippen LogP contribution is 2.18. The minimum Gasteiger partial charge on any atom is -0.326 e. The van der Waals surface area contributed by atoms with E-state index in [-0.39, 0.29) is 6.61 Å². The van der Waals surface area contributed by atoms with Crippen LogP contribution < -0.4 is 0 Å². The van der Waals surface area contributed by atoms with Gasteiger partial charge < -0.3 is 14.2 Å². The quantitative estimate of drug-likeness (QED) is 0.279. The van der Waals surface area contributed by atoms with Gasteiger partial charge in [-0.25, -0.2) is 4.79 Å². The highest BCUT2D eigenvalue weighted by atomic mass is 17.2. The van der Waals surface area contributed by atoms with Crippen LogP contribution in [0.1, 0.15) is 59.8 Å². The fourth-order valence-electron chi connectivity index (χ4n) is 1.44. The number of ether oxygens (including phenoxy) is 3. The molecule has 0 fully saturated rings. The lowest BCUT2D eigenvalue weighted by molar-refractivity contribution is -0.426. The van der Waals surface area contributed by atoms with Gasteiger partial charge in [-0.1, -0.05) is 27.7 Å². The minimum atomic E-state index is -1.31. The zero-order valence-electron chi connectivity index (χ0n) is 13.8. The Morgan fingerprint density at radius 3 is 1.67 bits per heavy atom. The second-order valence-electron chi connectivity index (χ2n) is 4.70. The van der Waals surface area contributed by atoms with Crippen molar-refractivity contribution >= 4 is 5.97 Å². The first-order chi connectivity index (χ1) is 10.1. The molecule has 0 bridgehead atoms. The van der Waals surface area contributed by atoms with Crippen LogP contribution in [0.3, 0.4) is 0 Å². The van der Waals surface area contributed by atoms with Crippen LogP contribution >= 0.6 is 0 Å². The third kappa shape index (κ3) is 9.79. The molecule has 0 rings (SSSR count). The van der Waals surface area contributed by atoms with Gasteiger partial charge in [0.15, 0.2) is 6.61 Å². The van der Waals surface area contributed by atoms with E-state index >= 15 is 0 Å². The topological polar surface area (TPSA) is 63.2 Å². The summed E-state index contributed by atoms with van der Waals surface area (Å²) in [7, 11) is 0. The fraction of sp³-hybridized carbons (Fsp3) is 0.933. The number of hydrogen-bond donors (Lipinski definition) is 0. The normalized spacial score (nSPS) is 11.6. The van der Waals surface area contributed by atoms with Crippen LogP contribution in [0.15, 0.2) is 0 Å². The molecule has 0 heterocycles. The van der Waals surface area contributed by atoms with Crippen LogP contribution in [-0.4, -0.2) is 38.4 Å². The molecule has 0 spiro atoms. The second-order valence-corrected chi connectivity index (χ2v) is 4.70. The third-order valence-electron chi connectivity index (χ3n) is 2.42. The summed E-state index contributed by atoms with van der Waals surface area (Å²) in [6.45, 7) is 9.18. The maximum atomic E-state index is 11.3. The zero-order valence-corrected chi connectivity index (χ0v) is 13.8. The van der Waals surface area contributed by atoms with E-state index in [0.717, 1.165) is 19.3 Å². The summed E-state index contributed by atoms with van der Waals surface area (Å²) in [5.41, 5.74) is 0. The van der Waals surface area contributed by atoms with Crippen LogP contribution in [0.5, 0.6) is 0 Å². The molecule has 126 valence electrons. The minimum absolute atomic E-state index is 0.109. The molecule has 0 amide bonds. The lowest BCUT2D eigenvalue weighted by Crippen LogP contribution is -2.45. The number of carbonyl (C=O) groups excluding carboxylic acids is 1. The van der Waals surface area contributed by atoms with Gasteiger partial charge in [-0.3, -0.25) is 4.89 Å². The fourth-order valence-corrected chi connectivity index (χ4v) is 1.44. The molecular formula is C15H30O6. The van der Waals surface area contributed by atoms with Crippen LogP contribution in [0, 0.1) is 0 Å². The molecule has 0 N–H and O–H groups in total. The maximum Gasteiger partial charge on any atom is 0.342 e. The summed E-state index contributed by atoms with van der Waals surface area (Å²) >= 11 is 0. The lowest BCUT2D eigenvalue weighted by atomic mass is 10.3. The monoisotopic (exact) mass is 306 g/mol. The average Bonchev–Trinajstić information content (AvgIpc) is 2.48. The van der Waals surface area contributed by atoms with E-state index in [4.69, 9.17) is 24.0 Å². The Bertz CT molecular complexity index is 235. The second kappa shape index (κ2) is 13.0. The van der Waals surface area contributed by atoms with Crippen molar-refractivity contribution < 1.29 is 28.8 Å². The predicted molar refractivity (Wildman–Crippen MR) is 78.4 cm³/mol. The van der Waals surface area contributed by atoms with Crippen molar-refractivity contribution in [3.63, 3.8) is 0 Å². The van der Waals surface area contributed by atoms with Crippen molar-refractivity contribution in [2.24, 2.45) is 0 Å². The summed E-state index contributed by atoms with van der Waals surface area (Å²) < 4.78 is 17.0. The van der Waals surface area contributed by atoms with E-state index in [0.29, 0.717) is 32.7 Å². The first-order valence-corrected chi connectivity index (χ1v) is 7.88. The average molecular weight is 306 g/mol. The lowest BCUT2D eigenvalue weighted by Gasteiger charge is -2.32. The molecule has 0 atom stereocenters. The molecule has 0 saturated heterocycles. The Morgan fingerprint density at radius 2 is 1.29 bits per heavy atom. The SMILES string of the molecule is CCCOC(COOC(=O)CCC)(OCCC)OCCC. The Kier molecular flexibility index (Phi) is 12.6. The number of carbonyl (C=O) groups is 1. The highest BCUT2D eigenvalue weighted by molar-refractivity contribution is 5.68. The van der Waals surface area contributed by atoms with Crippen molar-refractivity contribution in [3.8, 4) is 0 Å². The maximum absolute atomic E-state index is 11.3. The Hall–Kier alpha value is -0.690. The summed E-state index contributed by atoms with van der Waals surface area (Å²) in [6, 6.07) is 0. The van der Waals surface area contributed by atoms with Crippen molar-refractivity contribution in [1.29, 1.82) is 0 Å².